The van der Waals surface area contributed by atoms with E-state index >= 15 is 0 Å². The van der Waals surface area contributed by atoms with Crippen molar-refractivity contribution in [1.29, 1.82) is 0 Å². The Morgan fingerprint density at radius 3 is 2.67 bits per heavy atom. The van der Waals surface area contributed by atoms with Crippen LogP contribution >= 0.6 is 38.5 Å². The van der Waals surface area contributed by atoms with E-state index in [2.05, 4.69) is 50.7 Å². The molecule has 1 aromatic rings. The fraction of sp³-hybridized carbons (Fsp3) is 0.333. The first-order chi connectivity index (χ1) is 5.79. The number of hydrogen-bond donors (Lipinski definition) is 0. The van der Waals surface area contributed by atoms with E-state index < -0.39 is 0 Å². The van der Waals surface area contributed by atoms with E-state index in [1.54, 1.807) is 7.11 Å². The number of hydrogen-bond acceptors (Lipinski definition) is 1. The highest BCUT2D eigenvalue weighted by molar-refractivity contribution is 14.1. The van der Waals surface area contributed by atoms with E-state index in [0.29, 0.717) is 0 Å². The fourth-order valence-electron chi connectivity index (χ4n) is 1.01. The third kappa shape index (κ3) is 2.44. The summed E-state index contributed by atoms with van der Waals surface area (Å²) in [4.78, 5) is 0. The van der Waals surface area contributed by atoms with Gasteiger partial charge in [-0.2, -0.15) is 0 Å². The van der Waals surface area contributed by atoms with Crippen molar-refractivity contribution in [2.45, 2.75) is 6.10 Å². The molecule has 0 fully saturated rings. The van der Waals surface area contributed by atoms with Gasteiger partial charge in [0.15, 0.2) is 0 Å². The highest BCUT2D eigenvalue weighted by atomic mass is 127. The van der Waals surface area contributed by atoms with Crippen molar-refractivity contribution in [3.63, 3.8) is 0 Å². The Kier molecular flexibility index (Phi) is 4.53. The monoisotopic (exact) mass is 340 g/mol. The highest BCUT2D eigenvalue weighted by Crippen LogP contribution is 2.23. The molecule has 3 heteroatoms. The number of methoxy groups -OCH3 is 1. The van der Waals surface area contributed by atoms with Crippen LogP contribution in [0.3, 0.4) is 0 Å². The second-order valence-electron chi connectivity index (χ2n) is 2.40. The summed E-state index contributed by atoms with van der Waals surface area (Å²) < 4.78 is 6.57. The summed E-state index contributed by atoms with van der Waals surface area (Å²) in [6.07, 6.45) is 0.165. The van der Waals surface area contributed by atoms with Crippen molar-refractivity contribution >= 4 is 38.5 Å². The molecule has 1 unspecified atom stereocenters. The number of ether oxygens (including phenoxy) is 1. The summed E-state index contributed by atoms with van der Waals surface area (Å²) in [5, 5.41) is 0.837. The summed E-state index contributed by atoms with van der Waals surface area (Å²) in [5.41, 5.74) is 1.25. The van der Waals surface area contributed by atoms with Crippen LogP contribution in [-0.4, -0.2) is 12.4 Å². The maximum atomic E-state index is 5.31. The van der Waals surface area contributed by atoms with Crippen molar-refractivity contribution in [3.8, 4) is 0 Å². The van der Waals surface area contributed by atoms with Crippen LogP contribution < -0.4 is 0 Å². The van der Waals surface area contributed by atoms with Crippen molar-refractivity contribution in [2.24, 2.45) is 0 Å². The molecular formula is C9H10BrIO. The molecule has 0 aliphatic rings. The first kappa shape index (κ1) is 10.5. The quantitative estimate of drug-likeness (QED) is 0.605. The minimum atomic E-state index is 0.165. The predicted molar refractivity (Wildman–Crippen MR) is 62.7 cm³/mol. The molecule has 0 aliphatic heterocycles. The third-order valence-electron chi connectivity index (χ3n) is 1.68. The van der Waals surface area contributed by atoms with Gasteiger partial charge < -0.3 is 4.74 Å². The maximum absolute atomic E-state index is 5.31. The summed E-state index contributed by atoms with van der Waals surface area (Å²) >= 11 is 5.74. The summed E-state index contributed by atoms with van der Waals surface area (Å²) in [6.45, 7) is 0. The number of benzene rings is 1. The van der Waals surface area contributed by atoms with E-state index in [9.17, 15) is 0 Å². The third-order valence-corrected chi connectivity index (χ3v) is 3.25. The summed E-state index contributed by atoms with van der Waals surface area (Å²) in [5.74, 6) is 0. The second-order valence-corrected chi connectivity index (χ2v) is 4.21. The molecule has 0 heterocycles. The van der Waals surface area contributed by atoms with Gasteiger partial charge in [-0.25, -0.2) is 0 Å². The second kappa shape index (κ2) is 5.19. The van der Waals surface area contributed by atoms with Gasteiger partial charge in [-0.15, -0.1) is 0 Å². The first-order valence-electron chi connectivity index (χ1n) is 3.62. The number of halogens is 2. The molecule has 1 aromatic carbocycles. The minimum Gasteiger partial charge on any atom is -0.376 e. The highest BCUT2D eigenvalue weighted by Gasteiger charge is 2.10. The van der Waals surface area contributed by atoms with Crippen LogP contribution in [-0.2, 0) is 4.74 Å². The molecule has 66 valence electrons. The van der Waals surface area contributed by atoms with Gasteiger partial charge in [-0.3, -0.25) is 0 Å². The lowest BCUT2D eigenvalue weighted by Gasteiger charge is -2.13. The molecule has 0 saturated carbocycles. The van der Waals surface area contributed by atoms with Gasteiger partial charge in [0.25, 0.3) is 0 Å². The lowest BCUT2D eigenvalue weighted by molar-refractivity contribution is 0.124. The minimum absolute atomic E-state index is 0.165. The van der Waals surface area contributed by atoms with Gasteiger partial charge in [-0.05, 0) is 34.2 Å². The van der Waals surface area contributed by atoms with Gasteiger partial charge in [0.2, 0.25) is 0 Å². The molecular weight excluding hydrogens is 331 g/mol. The lowest BCUT2D eigenvalue weighted by Crippen LogP contribution is -2.04. The van der Waals surface area contributed by atoms with Crippen molar-refractivity contribution in [3.05, 3.63) is 33.4 Å². The maximum Gasteiger partial charge on any atom is 0.0928 e. The van der Waals surface area contributed by atoms with Crippen LogP contribution in [0.5, 0.6) is 0 Å². The molecule has 12 heavy (non-hydrogen) atoms. The molecule has 1 rings (SSSR count). The van der Waals surface area contributed by atoms with Gasteiger partial charge in [0, 0.05) is 16.0 Å². The molecule has 1 nitrogen and oxygen atoms in total. The average molecular weight is 341 g/mol. The predicted octanol–water partition coefficient (Wildman–Crippen LogP) is 3.37. The topological polar surface area (TPSA) is 9.23 Å². The molecule has 0 N–H and O–H groups in total. The fourth-order valence-corrected chi connectivity index (χ4v) is 2.36. The van der Waals surface area contributed by atoms with Gasteiger partial charge in [0.05, 0.1) is 6.10 Å². The van der Waals surface area contributed by atoms with Crippen LogP contribution in [0.25, 0.3) is 0 Å². The average Bonchev–Trinajstić information content (AvgIpc) is 2.10. The molecule has 1 atom stereocenters. The lowest BCUT2D eigenvalue weighted by atomic mass is 10.1. The van der Waals surface area contributed by atoms with E-state index in [1.807, 2.05) is 12.1 Å². The van der Waals surface area contributed by atoms with Gasteiger partial charge in [-0.1, -0.05) is 34.1 Å². The Balaban J connectivity index is 2.92. The Bertz CT molecular complexity index is 248. The molecule has 0 amide bonds. The Morgan fingerprint density at radius 2 is 2.17 bits per heavy atom. The van der Waals surface area contributed by atoms with Crippen LogP contribution in [0, 0.1) is 3.57 Å². The van der Waals surface area contributed by atoms with E-state index in [0.717, 1.165) is 5.33 Å². The smallest absolute Gasteiger partial charge is 0.0928 e. The first-order valence-corrected chi connectivity index (χ1v) is 5.82. The van der Waals surface area contributed by atoms with E-state index in [1.165, 1.54) is 9.13 Å². The number of alkyl halides is 1. The van der Waals surface area contributed by atoms with Crippen LogP contribution in [0.2, 0.25) is 0 Å². The molecule has 0 aliphatic carbocycles. The standard InChI is InChI=1S/C9H10BrIO/c1-12-9(6-10)7-4-2-3-5-8(7)11/h2-5,9H,6H2,1H3. The zero-order valence-electron chi connectivity index (χ0n) is 6.76. The van der Waals surface area contributed by atoms with Gasteiger partial charge in [0.1, 0.15) is 0 Å². The molecule has 0 bridgehead atoms. The SMILES string of the molecule is COC(CBr)c1ccccc1I. The molecule has 0 saturated heterocycles. The largest absolute Gasteiger partial charge is 0.376 e. The zero-order valence-corrected chi connectivity index (χ0v) is 10.5. The van der Waals surface area contributed by atoms with Crippen molar-refractivity contribution < 1.29 is 4.74 Å². The number of rotatable bonds is 3. The summed E-state index contributed by atoms with van der Waals surface area (Å²) in [6, 6.07) is 8.25. The molecule has 0 radical (unpaired) electrons. The van der Waals surface area contributed by atoms with Gasteiger partial charge >= 0.3 is 0 Å². The Labute approximate surface area is 94.8 Å². The van der Waals surface area contributed by atoms with Crippen molar-refractivity contribution in [2.75, 3.05) is 12.4 Å². The molecule has 0 aromatic heterocycles. The zero-order chi connectivity index (χ0) is 8.97. The molecule has 0 spiro atoms. The van der Waals surface area contributed by atoms with Crippen LogP contribution in [0.1, 0.15) is 11.7 Å². The van der Waals surface area contributed by atoms with Crippen LogP contribution in [0.4, 0.5) is 0 Å². The van der Waals surface area contributed by atoms with E-state index in [4.69, 9.17) is 4.74 Å². The summed E-state index contributed by atoms with van der Waals surface area (Å²) in [7, 11) is 1.73. The Hall–Kier alpha value is 0.390. The van der Waals surface area contributed by atoms with Crippen molar-refractivity contribution in [1.82, 2.24) is 0 Å². The van der Waals surface area contributed by atoms with E-state index in [-0.39, 0.29) is 6.10 Å². The van der Waals surface area contributed by atoms with Crippen LogP contribution in [0.15, 0.2) is 24.3 Å². The Morgan fingerprint density at radius 1 is 1.50 bits per heavy atom. The normalized spacial score (nSPS) is 12.9.